The zero-order chi connectivity index (χ0) is 38.2. The maximum absolute atomic E-state index is 12.0. The van der Waals surface area contributed by atoms with Crippen LogP contribution in [0.5, 0.6) is 0 Å². The van der Waals surface area contributed by atoms with E-state index in [1.807, 2.05) is 0 Å². The molecule has 306 valence electrons. The fourth-order valence-electron chi connectivity index (χ4n) is 5.22. The van der Waals surface area contributed by atoms with Crippen molar-refractivity contribution in [2.75, 3.05) is 79.0 Å². The van der Waals surface area contributed by atoms with Gasteiger partial charge in [-0.05, 0) is 32.2 Å². The van der Waals surface area contributed by atoms with E-state index in [0.29, 0.717) is 78.4 Å². The van der Waals surface area contributed by atoms with Gasteiger partial charge in [0.25, 0.3) is 0 Å². The summed E-state index contributed by atoms with van der Waals surface area (Å²) in [6.07, 6.45) is 19.3. The number of carboxylic acid groups (broad SMARTS) is 1. The summed E-state index contributed by atoms with van der Waals surface area (Å²) in [5, 5.41) is 29.7. The van der Waals surface area contributed by atoms with Gasteiger partial charge < -0.3 is 45.1 Å². The fourth-order valence-corrected chi connectivity index (χ4v) is 5.22. The van der Waals surface area contributed by atoms with E-state index in [0.717, 1.165) is 57.9 Å². The van der Waals surface area contributed by atoms with Crippen LogP contribution in [0.1, 0.15) is 135 Å². The second-order valence-electron chi connectivity index (χ2n) is 13.2. The highest BCUT2D eigenvalue weighted by atomic mass is 16.5. The third-order valence-electron chi connectivity index (χ3n) is 8.25. The largest absolute Gasteiger partial charge is 0.481 e. The van der Waals surface area contributed by atoms with E-state index in [1.165, 1.54) is 51.4 Å². The van der Waals surface area contributed by atoms with Gasteiger partial charge in [0, 0.05) is 38.9 Å². The van der Waals surface area contributed by atoms with Gasteiger partial charge in [0.05, 0.1) is 46.2 Å². The topological polar surface area (TPSA) is 194 Å². The maximum Gasteiger partial charge on any atom is 0.303 e. The van der Waals surface area contributed by atoms with Crippen LogP contribution in [0.4, 0.5) is 0 Å². The number of ether oxygens (including phenoxy) is 4. The van der Waals surface area contributed by atoms with Crippen LogP contribution in [-0.2, 0) is 38.1 Å². The molecule has 0 radical (unpaired) electrons. The molecule has 52 heavy (non-hydrogen) atoms. The average molecular weight is 747 g/mol. The average Bonchev–Trinajstić information content (AvgIpc) is 3.12. The number of aliphatic hydroxyl groups excluding tert-OH is 1. The van der Waals surface area contributed by atoms with E-state index in [-0.39, 0.29) is 37.5 Å². The molecule has 0 aliphatic rings. The molecule has 14 heteroatoms. The highest BCUT2D eigenvalue weighted by Crippen LogP contribution is 2.13. The first kappa shape index (κ1) is 49.6. The molecule has 0 rings (SSSR count). The minimum absolute atomic E-state index is 0.0467. The molecule has 0 aromatic rings. The monoisotopic (exact) mass is 747 g/mol. The van der Waals surface area contributed by atoms with Crippen LogP contribution in [0.15, 0.2) is 0 Å². The molecular formula is C38H74N4O10. The molecule has 14 nitrogen and oxygen atoms in total. The van der Waals surface area contributed by atoms with Crippen molar-refractivity contribution in [1.29, 1.82) is 0 Å². The van der Waals surface area contributed by atoms with Crippen LogP contribution < -0.4 is 21.3 Å². The zero-order valence-corrected chi connectivity index (χ0v) is 32.4. The number of hydrogen-bond acceptors (Lipinski definition) is 10. The van der Waals surface area contributed by atoms with Crippen molar-refractivity contribution >= 4 is 23.7 Å². The first-order chi connectivity index (χ1) is 25.3. The Hall–Kier alpha value is -2.36. The molecule has 0 aromatic carbocycles. The van der Waals surface area contributed by atoms with Crippen LogP contribution in [-0.4, -0.2) is 119 Å². The number of carbonyl (C=O) groups excluding carboxylic acids is 3. The molecule has 0 saturated carbocycles. The van der Waals surface area contributed by atoms with E-state index in [1.54, 1.807) is 0 Å². The zero-order valence-electron chi connectivity index (χ0n) is 32.4. The Balaban J connectivity index is 3.36. The SMILES string of the molecule is CCCCNC(O)COCCOCCNC(=O)COCCOCCNC(=O)CCCNC(=O)CCCCCCCCCCCCCCCCC(=O)O. The first-order valence-corrected chi connectivity index (χ1v) is 20.1. The normalized spacial score (nSPS) is 11.7. The van der Waals surface area contributed by atoms with E-state index in [9.17, 15) is 24.3 Å². The number of amides is 3. The van der Waals surface area contributed by atoms with Crippen molar-refractivity contribution in [3.05, 3.63) is 0 Å². The lowest BCUT2D eigenvalue weighted by Crippen LogP contribution is -2.34. The van der Waals surface area contributed by atoms with E-state index < -0.39 is 12.2 Å². The third kappa shape index (κ3) is 40.4. The molecule has 0 aliphatic carbocycles. The van der Waals surface area contributed by atoms with Crippen molar-refractivity contribution in [2.24, 2.45) is 0 Å². The summed E-state index contributed by atoms with van der Waals surface area (Å²) in [4.78, 5) is 46.3. The Kier molecular flexibility index (Phi) is 38.0. The molecular weight excluding hydrogens is 672 g/mol. The summed E-state index contributed by atoms with van der Waals surface area (Å²) < 4.78 is 21.4. The summed E-state index contributed by atoms with van der Waals surface area (Å²) >= 11 is 0. The number of hydrogen-bond donors (Lipinski definition) is 6. The Bertz CT molecular complexity index is 853. The van der Waals surface area contributed by atoms with Crippen molar-refractivity contribution in [2.45, 2.75) is 142 Å². The van der Waals surface area contributed by atoms with Gasteiger partial charge in [-0.25, -0.2) is 0 Å². The second-order valence-corrected chi connectivity index (χ2v) is 13.2. The Morgan fingerprint density at radius 1 is 0.481 bits per heavy atom. The van der Waals surface area contributed by atoms with Crippen molar-refractivity contribution in [1.82, 2.24) is 21.3 Å². The van der Waals surface area contributed by atoms with Gasteiger partial charge in [0.15, 0.2) is 0 Å². The van der Waals surface area contributed by atoms with Gasteiger partial charge in [-0.1, -0.05) is 90.4 Å². The van der Waals surface area contributed by atoms with Crippen molar-refractivity contribution in [3.8, 4) is 0 Å². The molecule has 0 aromatic heterocycles. The van der Waals surface area contributed by atoms with E-state index >= 15 is 0 Å². The van der Waals surface area contributed by atoms with Crippen LogP contribution in [0.25, 0.3) is 0 Å². The number of unbranched alkanes of at least 4 members (excludes halogenated alkanes) is 14. The molecule has 3 amide bonds. The van der Waals surface area contributed by atoms with Crippen molar-refractivity contribution in [3.63, 3.8) is 0 Å². The molecule has 0 fully saturated rings. The highest BCUT2D eigenvalue weighted by Gasteiger charge is 2.05. The van der Waals surface area contributed by atoms with Gasteiger partial charge >= 0.3 is 5.97 Å². The quantitative estimate of drug-likeness (QED) is 0.0388. The Labute approximate surface area is 313 Å². The van der Waals surface area contributed by atoms with Crippen LogP contribution in [0.3, 0.4) is 0 Å². The number of aliphatic carboxylic acids is 1. The molecule has 0 saturated heterocycles. The van der Waals surface area contributed by atoms with Gasteiger partial charge in [-0.3, -0.25) is 24.5 Å². The lowest BCUT2D eigenvalue weighted by Gasteiger charge is -2.13. The van der Waals surface area contributed by atoms with Crippen molar-refractivity contribution < 1.29 is 48.3 Å². The summed E-state index contributed by atoms with van der Waals surface area (Å²) in [5.74, 6) is -0.973. The standard InChI is InChI=1S/C38H74N4O10/c1-2-3-22-40-36(45)32-51-30-29-50-27-25-42-37(46)33-52-31-28-49-26-24-41-35(44)20-18-23-39-34(43)19-16-14-12-10-8-6-4-5-7-9-11-13-15-17-21-38(47)48/h36,40,45H,2-33H2,1H3,(H,39,43)(H,41,44)(H,42,46)(H,47,48). The maximum atomic E-state index is 12.0. The molecule has 0 spiro atoms. The predicted octanol–water partition coefficient (Wildman–Crippen LogP) is 4.22. The van der Waals surface area contributed by atoms with Gasteiger partial charge in [-0.2, -0.15) is 0 Å². The summed E-state index contributed by atoms with van der Waals surface area (Å²) in [5.41, 5.74) is 0. The second kappa shape index (κ2) is 39.8. The van der Waals surface area contributed by atoms with Crippen LogP contribution in [0.2, 0.25) is 0 Å². The molecule has 0 heterocycles. The number of rotatable bonds is 41. The van der Waals surface area contributed by atoms with E-state index in [2.05, 4.69) is 28.2 Å². The lowest BCUT2D eigenvalue weighted by atomic mass is 10.0. The minimum atomic E-state index is -0.692. The Morgan fingerprint density at radius 2 is 0.923 bits per heavy atom. The summed E-state index contributed by atoms with van der Waals surface area (Å²) in [6, 6.07) is 0. The smallest absolute Gasteiger partial charge is 0.303 e. The van der Waals surface area contributed by atoms with Crippen LogP contribution in [0, 0.1) is 0 Å². The van der Waals surface area contributed by atoms with Gasteiger partial charge in [0.2, 0.25) is 17.7 Å². The van der Waals surface area contributed by atoms with Gasteiger partial charge in [-0.15, -0.1) is 0 Å². The minimum Gasteiger partial charge on any atom is -0.481 e. The Morgan fingerprint density at radius 3 is 1.46 bits per heavy atom. The molecule has 0 aliphatic heterocycles. The molecule has 6 N–H and O–H groups in total. The number of aliphatic hydroxyl groups is 1. The molecule has 1 atom stereocenters. The number of carbonyl (C=O) groups is 4. The van der Waals surface area contributed by atoms with Crippen LogP contribution >= 0.6 is 0 Å². The third-order valence-corrected chi connectivity index (χ3v) is 8.25. The fraction of sp³-hybridized carbons (Fsp3) is 0.895. The van der Waals surface area contributed by atoms with Gasteiger partial charge in [0.1, 0.15) is 12.8 Å². The van der Waals surface area contributed by atoms with E-state index in [4.69, 9.17) is 24.1 Å². The first-order valence-electron chi connectivity index (χ1n) is 20.1. The summed E-state index contributed by atoms with van der Waals surface area (Å²) in [6.45, 7) is 6.19. The number of nitrogens with one attached hydrogen (secondary N) is 4. The summed E-state index contributed by atoms with van der Waals surface area (Å²) in [7, 11) is 0. The highest BCUT2D eigenvalue weighted by molar-refractivity contribution is 5.77. The predicted molar refractivity (Wildman–Crippen MR) is 202 cm³/mol. The number of carboxylic acids is 1. The molecule has 1 unspecified atom stereocenters. The lowest BCUT2D eigenvalue weighted by molar-refractivity contribution is -0.137. The molecule has 0 bridgehead atoms.